The lowest BCUT2D eigenvalue weighted by atomic mass is 10.1. The van der Waals surface area contributed by atoms with Gasteiger partial charge < -0.3 is 15.6 Å². The molecule has 1 heterocycles. The van der Waals surface area contributed by atoms with E-state index in [-0.39, 0.29) is 17.9 Å². The summed E-state index contributed by atoms with van der Waals surface area (Å²) >= 11 is 0. The number of anilines is 1. The summed E-state index contributed by atoms with van der Waals surface area (Å²) in [4.78, 5) is 32.3. The number of hydrogen-bond donors (Lipinski definition) is 3. The van der Waals surface area contributed by atoms with Gasteiger partial charge in [0.15, 0.2) is 0 Å². The molecule has 1 aromatic heterocycles. The third-order valence-corrected chi connectivity index (χ3v) is 5.81. The first-order chi connectivity index (χ1) is 16.5. The molecule has 0 radical (unpaired) electrons. The van der Waals surface area contributed by atoms with Gasteiger partial charge in [0.05, 0.1) is 11.0 Å². The van der Waals surface area contributed by atoms with Crippen molar-refractivity contribution in [2.45, 2.75) is 45.6 Å². The number of aromatic amines is 1. The summed E-state index contributed by atoms with van der Waals surface area (Å²) in [6, 6.07) is 23.7. The first-order valence-corrected chi connectivity index (χ1v) is 11.7. The van der Waals surface area contributed by atoms with Crippen LogP contribution in [-0.2, 0) is 17.6 Å². The number of imidazole rings is 1. The van der Waals surface area contributed by atoms with E-state index in [9.17, 15) is 9.59 Å². The van der Waals surface area contributed by atoms with Gasteiger partial charge in [-0.05, 0) is 61.2 Å². The molecule has 4 rings (SSSR count). The number of aryl methyl sites for hydroxylation is 1. The minimum atomic E-state index is -0.0803. The predicted octanol–water partition coefficient (Wildman–Crippen LogP) is 5.25. The largest absolute Gasteiger partial charge is 0.350 e. The standard InChI is InChI=1S/C28H30N4O2/c1-3-27(33)30-23-14-11-21(12-15-23)17-26-31-24-16-13-22(18-25(24)32-26)28(34)29-19(2)9-10-20-7-5-4-6-8-20/h4-8,11-16,18-19H,3,9-10,17H2,1-2H3,(H,29,34)(H,30,33)(H,31,32)/t19-/m1/s1. The molecule has 0 aliphatic heterocycles. The van der Waals surface area contributed by atoms with Gasteiger partial charge in [0.25, 0.3) is 5.91 Å². The molecule has 0 aliphatic rings. The van der Waals surface area contributed by atoms with Crippen LogP contribution < -0.4 is 10.6 Å². The Labute approximate surface area is 199 Å². The van der Waals surface area contributed by atoms with Crippen molar-refractivity contribution in [3.05, 3.63) is 95.3 Å². The average molecular weight is 455 g/mol. The molecule has 174 valence electrons. The molecule has 2 amide bonds. The summed E-state index contributed by atoms with van der Waals surface area (Å²) in [7, 11) is 0. The summed E-state index contributed by atoms with van der Waals surface area (Å²) in [5.74, 6) is 0.743. The van der Waals surface area contributed by atoms with Crippen LogP contribution in [0.2, 0.25) is 0 Å². The highest BCUT2D eigenvalue weighted by Gasteiger charge is 2.12. The van der Waals surface area contributed by atoms with Crippen LogP contribution in [0.3, 0.4) is 0 Å². The second kappa shape index (κ2) is 10.8. The molecular weight excluding hydrogens is 424 g/mol. The number of aromatic nitrogens is 2. The predicted molar refractivity (Wildman–Crippen MR) is 136 cm³/mol. The summed E-state index contributed by atoms with van der Waals surface area (Å²) < 4.78 is 0. The Morgan fingerprint density at radius 3 is 2.47 bits per heavy atom. The maximum absolute atomic E-state index is 12.8. The fourth-order valence-electron chi connectivity index (χ4n) is 3.84. The van der Waals surface area contributed by atoms with Crippen LogP contribution in [0.5, 0.6) is 0 Å². The number of nitrogens with zero attached hydrogens (tertiary/aromatic N) is 1. The van der Waals surface area contributed by atoms with Gasteiger partial charge in [-0.1, -0.05) is 49.4 Å². The zero-order chi connectivity index (χ0) is 23.9. The Hall–Kier alpha value is -3.93. The number of amides is 2. The molecule has 0 saturated heterocycles. The molecule has 6 nitrogen and oxygen atoms in total. The van der Waals surface area contributed by atoms with Gasteiger partial charge in [0, 0.05) is 30.1 Å². The number of benzene rings is 3. The smallest absolute Gasteiger partial charge is 0.251 e. The van der Waals surface area contributed by atoms with Crippen LogP contribution in [0, 0.1) is 0 Å². The van der Waals surface area contributed by atoms with E-state index in [0.717, 1.165) is 41.0 Å². The third kappa shape index (κ3) is 6.10. The van der Waals surface area contributed by atoms with Crippen molar-refractivity contribution in [1.82, 2.24) is 15.3 Å². The van der Waals surface area contributed by atoms with Gasteiger partial charge in [0.1, 0.15) is 5.82 Å². The zero-order valence-corrected chi connectivity index (χ0v) is 19.6. The van der Waals surface area contributed by atoms with Crippen molar-refractivity contribution in [3.8, 4) is 0 Å². The van der Waals surface area contributed by atoms with Gasteiger partial charge in [-0.2, -0.15) is 0 Å². The van der Waals surface area contributed by atoms with E-state index in [2.05, 4.69) is 32.7 Å². The summed E-state index contributed by atoms with van der Waals surface area (Å²) in [6.07, 6.45) is 2.90. The highest BCUT2D eigenvalue weighted by atomic mass is 16.2. The Morgan fingerprint density at radius 1 is 0.971 bits per heavy atom. The maximum Gasteiger partial charge on any atom is 0.251 e. The van der Waals surface area contributed by atoms with Crippen molar-refractivity contribution in [3.63, 3.8) is 0 Å². The fourth-order valence-corrected chi connectivity index (χ4v) is 3.84. The van der Waals surface area contributed by atoms with E-state index in [1.807, 2.05) is 74.5 Å². The minimum absolute atomic E-state index is 0.00420. The number of nitrogens with one attached hydrogen (secondary N) is 3. The van der Waals surface area contributed by atoms with E-state index >= 15 is 0 Å². The fraction of sp³-hybridized carbons (Fsp3) is 0.250. The minimum Gasteiger partial charge on any atom is -0.350 e. The monoisotopic (exact) mass is 454 g/mol. The highest BCUT2D eigenvalue weighted by Crippen LogP contribution is 2.18. The van der Waals surface area contributed by atoms with Crippen LogP contribution in [0.15, 0.2) is 72.8 Å². The second-order valence-corrected chi connectivity index (χ2v) is 8.59. The third-order valence-electron chi connectivity index (χ3n) is 5.81. The number of carbonyl (C=O) groups is 2. The molecule has 0 fully saturated rings. The second-order valence-electron chi connectivity index (χ2n) is 8.59. The van der Waals surface area contributed by atoms with Crippen LogP contribution >= 0.6 is 0 Å². The van der Waals surface area contributed by atoms with Crippen molar-refractivity contribution in [1.29, 1.82) is 0 Å². The van der Waals surface area contributed by atoms with Crippen LogP contribution in [0.4, 0.5) is 5.69 Å². The molecule has 0 aliphatic carbocycles. The topological polar surface area (TPSA) is 86.9 Å². The SMILES string of the molecule is CCC(=O)Nc1ccc(Cc2nc3ccc(C(=O)N[C@H](C)CCc4ccccc4)cc3[nH]2)cc1. The molecule has 0 spiro atoms. The molecule has 3 aromatic carbocycles. The van der Waals surface area contributed by atoms with Gasteiger partial charge in [-0.3, -0.25) is 9.59 Å². The van der Waals surface area contributed by atoms with Gasteiger partial charge in [0.2, 0.25) is 5.91 Å². The quantitative estimate of drug-likeness (QED) is 0.323. The number of hydrogen-bond acceptors (Lipinski definition) is 3. The first kappa shape index (κ1) is 23.2. The number of H-pyrrole nitrogens is 1. The summed E-state index contributed by atoms with van der Waals surface area (Å²) in [6.45, 7) is 3.86. The van der Waals surface area contributed by atoms with E-state index in [0.29, 0.717) is 18.4 Å². The van der Waals surface area contributed by atoms with Gasteiger partial charge in [-0.25, -0.2) is 4.98 Å². The summed E-state index contributed by atoms with van der Waals surface area (Å²) in [5.41, 5.74) is 5.43. The highest BCUT2D eigenvalue weighted by molar-refractivity contribution is 5.97. The average Bonchev–Trinajstić information content (AvgIpc) is 3.26. The van der Waals surface area contributed by atoms with Gasteiger partial charge in [-0.15, -0.1) is 0 Å². The van der Waals surface area contributed by atoms with E-state index in [4.69, 9.17) is 0 Å². The molecule has 6 heteroatoms. The Bertz CT molecular complexity index is 1260. The Morgan fingerprint density at radius 2 is 1.74 bits per heavy atom. The lowest BCUT2D eigenvalue weighted by molar-refractivity contribution is -0.115. The molecule has 1 atom stereocenters. The van der Waals surface area contributed by atoms with Crippen molar-refractivity contribution >= 4 is 28.5 Å². The lowest BCUT2D eigenvalue weighted by Gasteiger charge is -2.14. The van der Waals surface area contributed by atoms with E-state index in [1.165, 1.54) is 5.56 Å². The van der Waals surface area contributed by atoms with Crippen LogP contribution in [-0.4, -0.2) is 27.8 Å². The molecule has 0 bridgehead atoms. The molecule has 4 aromatic rings. The first-order valence-electron chi connectivity index (χ1n) is 11.7. The number of rotatable bonds is 9. The van der Waals surface area contributed by atoms with Crippen molar-refractivity contribution in [2.75, 3.05) is 5.32 Å². The Balaban J connectivity index is 1.36. The number of carbonyl (C=O) groups excluding carboxylic acids is 2. The van der Waals surface area contributed by atoms with Crippen LogP contribution in [0.25, 0.3) is 11.0 Å². The normalized spacial score (nSPS) is 11.8. The molecule has 0 saturated carbocycles. The summed E-state index contributed by atoms with van der Waals surface area (Å²) in [5, 5.41) is 5.95. The van der Waals surface area contributed by atoms with E-state index < -0.39 is 0 Å². The zero-order valence-electron chi connectivity index (χ0n) is 19.6. The van der Waals surface area contributed by atoms with E-state index in [1.54, 1.807) is 0 Å². The van der Waals surface area contributed by atoms with Crippen molar-refractivity contribution < 1.29 is 9.59 Å². The van der Waals surface area contributed by atoms with Crippen LogP contribution in [0.1, 0.15) is 54.0 Å². The Kier molecular flexibility index (Phi) is 7.38. The maximum atomic E-state index is 12.8. The molecule has 3 N–H and O–H groups in total. The van der Waals surface area contributed by atoms with Crippen molar-refractivity contribution in [2.24, 2.45) is 0 Å². The number of fused-ring (bicyclic) bond motifs is 1. The molecule has 34 heavy (non-hydrogen) atoms. The van der Waals surface area contributed by atoms with Gasteiger partial charge >= 0.3 is 0 Å². The lowest BCUT2D eigenvalue weighted by Crippen LogP contribution is -2.32. The molecular formula is C28H30N4O2. The molecule has 0 unspecified atom stereocenters.